The molecule has 2 atom stereocenters. The summed E-state index contributed by atoms with van der Waals surface area (Å²) in [6.45, 7) is 4.78. The van der Waals surface area contributed by atoms with Crippen LogP contribution in [-0.4, -0.2) is 68.6 Å². The maximum Gasteiger partial charge on any atom is 0.240 e. The Labute approximate surface area is 108 Å². The predicted octanol–water partition coefficient (Wildman–Crippen LogP) is -0.912. The van der Waals surface area contributed by atoms with Crippen LogP contribution in [0.3, 0.4) is 0 Å². The minimum atomic E-state index is -3.13. The molecule has 1 N–H and O–H groups in total. The van der Waals surface area contributed by atoms with E-state index in [0.29, 0.717) is 32.1 Å². The molecule has 0 aromatic rings. The maximum absolute atomic E-state index is 12.3. The Bertz CT molecular complexity index is 415. The predicted molar refractivity (Wildman–Crippen MR) is 68.6 cm³/mol. The zero-order valence-electron chi connectivity index (χ0n) is 10.9. The average molecular weight is 275 g/mol. The molecule has 0 aromatic heterocycles. The lowest BCUT2D eigenvalue weighted by Crippen LogP contribution is -2.54. The fourth-order valence-corrected chi connectivity index (χ4v) is 3.43. The van der Waals surface area contributed by atoms with E-state index in [-0.39, 0.29) is 11.9 Å². The molecule has 104 valence electrons. The molecule has 7 heteroatoms. The summed E-state index contributed by atoms with van der Waals surface area (Å²) in [7, 11) is -3.13. The first-order valence-electron chi connectivity index (χ1n) is 6.37. The smallest absolute Gasteiger partial charge is 0.240 e. The van der Waals surface area contributed by atoms with Gasteiger partial charge < -0.3 is 10.2 Å². The van der Waals surface area contributed by atoms with Crippen molar-refractivity contribution in [3.63, 3.8) is 0 Å². The minimum absolute atomic E-state index is 0.0882. The molecule has 0 radical (unpaired) electrons. The molecule has 0 bridgehead atoms. The van der Waals surface area contributed by atoms with Crippen LogP contribution in [-0.2, 0) is 14.8 Å². The summed E-state index contributed by atoms with van der Waals surface area (Å²) < 4.78 is 24.2. The Balaban J connectivity index is 1.92. The molecule has 2 fully saturated rings. The monoisotopic (exact) mass is 275 g/mol. The van der Waals surface area contributed by atoms with Crippen LogP contribution in [0.5, 0.6) is 0 Å². The Hall–Kier alpha value is -0.660. The summed E-state index contributed by atoms with van der Waals surface area (Å²) >= 11 is 0. The molecule has 0 aromatic carbocycles. The number of nitrogens with one attached hydrogen (secondary N) is 1. The lowest BCUT2D eigenvalue weighted by Gasteiger charge is -2.35. The van der Waals surface area contributed by atoms with Crippen LogP contribution in [0, 0.1) is 5.92 Å². The van der Waals surface area contributed by atoms with Crippen molar-refractivity contribution in [2.45, 2.75) is 19.4 Å². The zero-order valence-corrected chi connectivity index (χ0v) is 11.7. The van der Waals surface area contributed by atoms with Crippen molar-refractivity contribution in [1.29, 1.82) is 0 Å². The third-order valence-corrected chi connectivity index (χ3v) is 5.12. The number of carbonyl (C=O) groups is 1. The van der Waals surface area contributed by atoms with E-state index in [1.807, 2.05) is 0 Å². The largest absolute Gasteiger partial charge is 0.339 e. The highest BCUT2D eigenvalue weighted by Crippen LogP contribution is 2.17. The first kappa shape index (κ1) is 13.8. The molecule has 2 unspecified atom stereocenters. The van der Waals surface area contributed by atoms with Gasteiger partial charge in [0.2, 0.25) is 15.9 Å². The van der Waals surface area contributed by atoms with Gasteiger partial charge in [0.05, 0.1) is 12.3 Å². The van der Waals surface area contributed by atoms with Crippen LogP contribution < -0.4 is 5.32 Å². The minimum Gasteiger partial charge on any atom is -0.339 e. The fourth-order valence-electron chi connectivity index (χ4n) is 2.60. The Morgan fingerprint density at radius 3 is 2.28 bits per heavy atom. The lowest BCUT2D eigenvalue weighted by molar-refractivity contribution is -0.135. The average Bonchev–Trinajstić information content (AvgIpc) is 2.73. The SMILES string of the molecule is CC1CCNC1C(=O)N1CCN(S(C)(=O)=O)CC1. The van der Waals surface area contributed by atoms with Gasteiger partial charge in [-0.25, -0.2) is 8.42 Å². The molecule has 2 heterocycles. The molecule has 2 aliphatic rings. The number of carbonyl (C=O) groups excluding carboxylic acids is 1. The molecule has 2 saturated heterocycles. The molecule has 2 rings (SSSR count). The third-order valence-electron chi connectivity index (χ3n) is 3.82. The van der Waals surface area contributed by atoms with Crippen LogP contribution in [0.4, 0.5) is 0 Å². The highest BCUT2D eigenvalue weighted by Gasteiger charge is 2.34. The van der Waals surface area contributed by atoms with Gasteiger partial charge in [-0.3, -0.25) is 4.79 Å². The van der Waals surface area contributed by atoms with Gasteiger partial charge in [-0.15, -0.1) is 0 Å². The van der Waals surface area contributed by atoms with Crippen LogP contribution >= 0.6 is 0 Å². The van der Waals surface area contributed by atoms with E-state index in [1.54, 1.807) is 4.90 Å². The topological polar surface area (TPSA) is 69.7 Å². The molecule has 0 spiro atoms. The van der Waals surface area contributed by atoms with Crippen molar-refractivity contribution < 1.29 is 13.2 Å². The highest BCUT2D eigenvalue weighted by molar-refractivity contribution is 7.88. The number of hydrogen-bond donors (Lipinski definition) is 1. The second-order valence-electron chi connectivity index (χ2n) is 5.19. The van der Waals surface area contributed by atoms with E-state index in [9.17, 15) is 13.2 Å². The lowest BCUT2D eigenvalue weighted by atomic mass is 10.0. The number of rotatable bonds is 2. The molecular formula is C11H21N3O3S. The van der Waals surface area contributed by atoms with Gasteiger partial charge in [-0.05, 0) is 18.9 Å². The van der Waals surface area contributed by atoms with Gasteiger partial charge in [0, 0.05) is 26.2 Å². The Morgan fingerprint density at radius 2 is 1.83 bits per heavy atom. The van der Waals surface area contributed by atoms with Crippen molar-refractivity contribution in [3.05, 3.63) is 0 Å². The van der Waals surface area contributed by atoms with Gasteiger partial charge >= 0.3 is 0 Å². The molecule has 0 saturated carbocycles. The standard InChI is InChI=1S/C11H21N3O3S/c1-9-3-4-12-10(9)11(15)13-5-7-14(8-6-13)18(2,16)17/h9-10,12H,3-8H2,1-2H3. The molecule has 2 aliphatic heterocycles. The van der Waals surface area contributed by atoms with E-state index in [4.69, 9.17) is 0 Å². The normalized spacial score (nSPS) is 30.7. The number of amides is 1. The van der Waals surface area contributed by atoms with Crippen molar-refractivity contribution in [1.82, 2.24) is 14.5 Å². The molecule has 18 heavy (non-hydrogen) atoms. The molecule has 0 aliphatic carbocycles. The number of sulfonamides is 1. The van der Waals surface area contributed by atoms with Crippen molar-refractivity contribution >= 4 is 15.9 Å². The fraction of sp³-hybridized carbons (Fsp3) is 0.909. The summed E-state index contributed by atoms with van der Waals surface area (Å²) in [5, 5.41) is 3.22. The first-order chi connectivity index (χ1) is 8.39. The Morgan fingerprint density at radius 1 is 1.22 bits per heavy atom. The van der Waals surface area contributed by atoms with E-state index >= 15 is 0 Å². The van der Waals surface area contributed by atoms with E-state index in [2.05, 4.69) is 12.2 Å². The summed E-state index contributed by atoms with van der Waals surface area (Å²) in [5.41, 5.74) is 0. The van der Waals surface area contributed by atoms with E-state index in [0.717, 1.165) is 13.0 Å². The van der Waals surface area contributed by atoms with Crippen LogP contribution in [0.2, 0.25) is 0 Å². The van der Waals surface area contributed by atoms with E-state index < -0.39 is 10.0 Å². The van der Waals surface area contributed by atoms with Gasteiger partial charge in [0.25, 0.3) is 0 Å². The van der Waals surface area contributed by atoms with Crippen molar-refractivity contribution in [2.75, 3.05) is 39.0 Å². The van der Waals surface area contributed by atoms with Gasteiger partial charge in [-0.2, -0.15) is 4.31 Å². The van der Waals surface area contributed by atoms with Crippen LogP contribution in [0.1, 0.15) is 13.3 Å². The molecule has 6 nitrogen and oxygen atoms in total. The second kappa shape index (κ2) is 5.14. The summed E-state index contributed by atoms with van der Waals surface area (Å²) in [5.74, 6) is 0.485. The highest BCUT2D eigenvalue weighted by atomic mass is 32.2. The number of piperazine rings is 1. The van der Waals surface area contributed by atoms with E-state index in [1.165, 1.54) is 10.6 Å². The van der Waals surface area contributed by atoms with Crippen LogP contribution in [0.15, 0.2) is 0 Å². The summed E-state index contributed by atoms with van der Waals surface area (Å²) in [4.78, 5) is 14.0. The Kier molecular flexibility index (Phi) is 3.93. The summed E-state index contributed by atoms with van der Waals surface area (Å²) in [6.07, 6.45) is 2.24. The molecule has 1 amide bonds. The van der Waals surface area contributed by atoms with Crippen molar-refractivity contribution in [3.8, 4) is 0 Å². The first-order valence-corrected chi connectivity index (χ1v) is 8.21. The van der Waals surface area contributed by atoms with Gasteiger partial charge in [-0.1, -0.05) is 6.92 Å². The molecular weight excluding hydrogens is 254 g/mol. The number of hydrogen-bond acceptors (Lipinski definition) is 4. The summed E-state index contributed by atoms with van der Waals surface area (Å²) in [6, 6.07) is -0.0882. The third kappa shape index (κ3) is 2.84. The maximum atomic E-state index is 12.3. The van der Waals surface area contributed by atoms with Crippen molar-refractivity contribution in [2.24, 2.45) is 5.92 Å². The zero-order chi connectivity index (χ0) is 13.3. The quantitative estimate of drug-likeness (QED) is 0.708. The number of nitrogens with zero attached hydrogens (tertiary/aromatic N) is 2. The van der Waals surface area contributed by atoms with Gasteiger partial charge in [0.15, 0.2) is 0 Å². The second-order valence-corrected chi connectivity index (χ2v) is 7.17. The van der Waals surface area contributed by atoms with Gasteiger partial charge in [0.1, 0.15) is 0 Å². The van der Waals surface area contributed by atoms with Crippen LogP contribution in [0.25, 0.3) is 0 Å².